The quantitative estimate of drug-likeness (QED) is 0.304. The molecule has 1 atom stereocenters. The summed E-state index contributed by atoms with van der Waals surface area (Å²) in [5.41, 5.74) is 5.41. The molecule has 5 heteroatoms. The SMILES string of the molecule is CCN(CC1CC1)C(=O)C(C)C(N)=NO. The maximum Gasteiger partial charge on any atom is 0.233 e. The molecule has 1 fully saturated rings. The molecule has 0 aromatic carbocycles. The van der Waals surface area contributed by atoms with E-state index in [2.05, 4.69) is 5.16 Å². The van der Waals surface area contributed by atoms with Crippen molar-refractivity contribution in [1.82, 2.24) is 4.90 Å². The monoisotopic (exact) mass is 213 g/mol. The lowest BCUT2D eigenvalue weighted by atomic mass is 10.1. The lowest BCUT2D eigenvalue weighted by Gasteiger charge is -2.23. The molecule has 1 aliphatic carbocycles. The number of oxime groups is 1. The van der Waals surface area contributed by atoms with E-state index >= 15 is 0 Å². The van der Waals surface area contributed by atoms with Gasteiger partial charge in [0.2, 0.25) is 5.91 Å². The van der Waals surface area contributed by atoms with Crippen molar-refractivity contribution >= 4 is 11.7 Å². The minimum Gasteiger partial charge on any atom is -0.409 e. The van der Waals surface area contributed by atoms with Crippen LogP contribution >= 0.6 is 0 Å². The molecule has 0 saturated heterocycles. The molecule has 0 bridgehead atoms. The van der Waals surface area contributed by atoms with Crippen LogP contribution in [0.2, 0.25) is 0 Å². The number of amidine groups is 1. The van der Waals surface area contributed by atoms with Gasteiger partial charge in [0.15, 0.2) is 5.84 Å². The maximum absolute atomic E-state index is 11.9. The van der Waals surface area contributed by atoms with Gasteiger partial charge in [-0.05, 0) is 32.6 Å². The molecule has 0 aromatic heterocycles. The maximum atomic E-state index is 11.9. The van der Waals surface area contributed by atoms with Crippen molar-refractivity contribution < 1.29 is 10.0 Å². The molecule has 3 N–H and O–H groups in total. The Morgan fingerprint density at radius 3 is 2.67 bits per heavy atom. The van der Waals surface area contributed by atoms with Gasteiger partial charge in [-0.15, -0.1) is 0 Å². The summed E-state index contributed by atoms with van der Waals surface area (Å²) in [4.78, 5) is 13.7. The van der Waals surface area contributed by atoms with Gasteiger partial charge in [-0.1, -0.05) is 5.16 Å². The molecule has 15 heavy (non-hydrogen) atoms. The first-order valence-electron chi connectivity index (χ1n) is 5.36. The van der Waals surface area contributed by atoms with Crippen molar-refractivity contribution in [1.29, 1.82) is 0 Å². The van der Waals surface area contributed by atoms with Crippen molar-refractivity contribution in [2.45, 2.75) is 26.7 Å². The number of rotatable bonds is 5. The zero-order valence-electron chi connectivity index (χ0n) is 9.31. The number of nitrogens with zero attached hydrogens (tertiary/aromatic N) is 2. The normalized spacial score (nSPS) is 18.7. The van der Waals surface area contributed by atoms with Crippen LogP contribution in [0.3, 0.4) is 0 Å². The predicted octanol–water partition coefficient (Wildman–Crippen LogP) is 0.627. The molecule has 1 unspecified atom stereocenters. The van der Waals surface area contributed by atoms with Crippen molar-refractivity contribution in [3.05, 3.63) is 0 Å². The number of carbonyl (C=O) groups excluding carboxylic acids is 1. The van der Waals surface area contributed by atoms with Gasteiger partial charge >= 0.3 is 0 Å². The Labute approximate surface area is 89.9 Å². The molecule has 86 valence electrons. The molecule has 1 rings (SSSR count). The van der Waals surface area contributed by atoms with E-state index in [9.17, 15) is 4.79 Å². The largest absolute Gasteiger partial charge is 0.409 e. The molecule has 1 saturated carbocycles. The van der Waals surface area contributed by atoms with Crippen LogP contribution in [0.1, 0.15) is 26.7 Å². The van der Waals surface area contributed by atoms with Gasteiger partial charge < -0.3 is 15.8 Å². The lowest BCUT2D eigenvalue weighted by Crippen LogP contribution is -2.41. The highest BCUT2D eigenvalue weighted by Crippen LogP contribution is 2.30. The minimum atomic E-state index is -0.534. The van der Waals surface area contributed by atoms with Crippen LogP contribution in [-0.4, -0.2) is 34.9 Å². The number of amides is 1. The highest BCUT2D eigenvalue weighted by Gasteiger charge is 2.29. The fourth-order valence-corrected chi connectivity index (χ4v) is 1.47. The number of nitrogens with two attached hydrogens (primary N) is 1. The average Bonchev–Trinajstić information content (AvgIpc) is 3.06. The third kappa shape index (κ3) is 3.11. The van der Waals surface area contributed by atoms with Crippen LogP contribution in [0.15, 0.2) is 5.16 Å². The van der Waals surface area contributed by atoms with Gasteiger partial charge in [-0.25, -0.2) is 0 Å². The summed E-state index contributed by atoms with van der Waals surface area (Å²) in [6, 6.07) is 0. The average molecular weight is 213 g/mol. The molecular formula is C10H19N3O2. The van der Waals surface area contributed by atoms with Gasteiger partial charge in [0, 0.05) is 13.1 Å². The standard InChI is InChI=1S/C10H19N3O2/c1-3-13(6-8-4-5-8)10(14)7(2)9(11)12-15/h7-8,15H,3-6H2,1-2H3,(H2,11,12). The smallest absolute Gasteiger partial charge is 0.233 e. The number of hydrogen-bond acceptors (Lipinski definition) is 3. The van der Waals surface area contributed by atoms with E-state index in [1.54, 1.807) is 11.8 Å². The van der Waals surface area contributed by atoms with Crippen molar-refractivity contribution in [2.24, 2.45) is 22.7 Å². The van der Waals surface area contributed by atoms with E-state index in [1.165, 1.54) is 12.8 Å². The van der Waals surface area contributed by atoms with Gasteiger partial charge in [0.1, 0.15) is 0 Å². The van der Waals surface area contributed by atoms with Gasteiger partial charge in [-0.3, -0.25) is 4.79 Å². The van der Waals surface area contributed by atoms with E-state index < -0.39 is 5.92 Å². The zero-order chi connectivity index (χ0) is 11.4. The highest BCUT2D eigenvalue weighted by atomic mass is 16.4. The van der Waals surface area contributed by atoms with E-state index in [4.69, 9.17) is 10.9 Å². The topological polar surface area (TPSA) is 78.9 Å². The van der Waals surface area contributed by atoms with Crippen LogP contribution < -0.4 is 5.73 Å². The lowest BCUT2D eigenvalue weighted by molar-refractivity contribution is -0.133. The molecule has 0 heterocycles. The minimum absolute atomic E-state index is 0.0192. The summed E-state index contributed by atoms with van der Waals surface area (Å²) >= 11 is 0. The summed E-state index contributed by atoms with van der Waals surface area (Å²) in [6.45, 7) is 5.09. The van der Waals surface area contributed by atoms with Crippen LogP contribution in [-0.2, 0) is 4.79 Å². The summed E-state index contributed by atoms with van der Waals surface area (Å²) in [5, 5.41) is 11.4. The second kappa shape index (κ2) is 5.00. The number of hydrogen-bond donors (Lipinski definition) is 2. The first kappa shape index (κ1) is 11.8. The van der Waals surface area contributed by atoms with Crippen LogP contribution in [0.5, 0.6) is 0 Å². The molecule has 1 amide bonds. The van der Waals surface area contributed by atoms with Crippen LogP contribution in [0.4, 0.5) is 0 Å². The first-order chi connectivity index (χ1) is 7.10. The van der Waals surface area contributed by atoms with E-state index in [0.29, 0.717) is 12.5 Å². The van der Waals surface area contributed by atoms with E-state index in [0.717, 1.165) is 6.54 Å². The Morgan fingerprint density at radius 1 is 1.67 bits per heavy atom. The Kier molecular flexibility index (Phi) is 3.94. The third-order valence-corrected chi connectivity index (χ3v) is 2.80. The summed E-state index contributed by atoms with van der Waals surface area (Å²) in [6.07, 6.45) is 2.42. The highest BCUT2D eigenvalue weighted by molar-refractivity contribution is 6.01. The fraction of sp³-hybridized carbons (Fsp3) is 0.800. The number of carbonyl (C=O) groups is 1. The van der Waals surface area contributed by atoms with Gasteiger partial charge in [-0.2, -0.15) is 0 Å². The Balaban J connectivity index is 2.54. The molecule has 0 radical (unpaired) electrons. The van der Waals surface area contributed by atoms with Crippen molar-refractivity contribution in [3.63, 3.8) is 0 Å². The van der Waals surface area contributed by atoms with E-state index in [1.807, 2.05) is 6.92 Å². The summed E-state index contributed by atoms with van der Waals surface area (Å²) in [5.74, 6) is 0.0519. The summed E-state index contributed by atoms with van der Waals surface area (Å²) < 4.78 is 0. The van der Waals surface area contributed by atoms with Gasteiger partial charge in [0.05, 0.1) is 5.92 Å². The molecule has 0 aromatic rings. The van der Waals surface area contributed by atoms with E-state index in [-0.39, 0.29) is 11.7 Å². The third-order valence-electron chi connectivity index (χ3n) is 2.80. The molecule has 0 aliphatic heterocycles. The van der Waals surface area contributed by atoms with Crippen molar-refractivity contribution in [2.75, 3.05) is 13.1 Å². The molecular weight excluding hydrogens is 194 g/mol. The molecule has 0 spiro atoms. The Morgan fingerprint density at radius 2 is 2.27 bits per heavy atom. The Bertz CT molecular complexity index is 261. The van der Waals surface area contributed by atoms with Crippen LogP contribution in [0, 0.1) is 11.8 Å². The second-order valence-electron chi connectivity index (χ2n) is 4.07. The zero-order valence-corrected chi connectivity index (χ0v) is 9.31. The molecule has 5 nitrogen and oxygen atoms in total. The van der Waals surface area contributed by atoms with Crippen molar-refractivity contribution in [3.8, 4) is 0 Å². The first-order valence-corrected chi connectivity index (χ1v) is 5.36. The van der Waals surface area contributed by atoms with Crippen LogP contribution in [0.25, 0.3) is 0 Å². The van der Waals surface area contributed by atoms with Gasteiger partial charge in [0.25, 0.3) is 0 Å². The fourth-order valence-electron chi connectivity index (χ4n) is 1.47. The summed E-state index contributed by atoms with van der Waals surface area (Å²) in [7, 11) is 0. The second-order valence-corrected chi connectivity index (χ2v) is 4.07. The predicted molar refractivity (Wildman–Crippen MR) is 57.6 cm³/mol. The Hall–Kier alpha value is -1.26. The molecule has 1 aliphatic rings.